The molecule has 0 unspecified atom stereocenters. The molecule has 0 spiro atoms. The molecule has 6 atom stereocenters. The number of alkyl halides is 2. The second-order valence-corrected chi connectivity index (χ2v) is 15.0. The lowest BCUT2D eigenvalue weighted by molar-refractivity contribution is -0.125. The van der Waals surface area contributed by atoms with Gasteiger partial charge in [-0.3, -0.25) is 24.1 Å². The van der Waals surface area contributed by atoms with Crippen molar-refractivity contribution in [1.29, 1.82) is 0 Å². The number of benzene rings is 3. The molecule has 2 aliphatic heterocycles. The van der Waals surface area contributed by atoms with E-state index in [0.717, 1.165) is 4.90 Å². The van der Waals surface area contributed by atoms with Gasteiger partial charge >= 0.3 is 0 Å². The van der Waals surface area contributed by atoms with Crippen LogP contribution in [0.3, 0.4) is 0 Å². The number of hydrogen-bond acceptors (Lipinski definition) is 6. The van der Waals surface area contributed by atoms with E-state index in [-0.39, 0.29) is 42.8 Å². The largest absolute Gasteiger partial charge is 0.503 e. The topological polar surface area (TPSA) is 104 Å². The molecule has 3 aromatic rings. The van der Waals surface area contributed by atoms with E-state index in [2.05, 4.69) is 31.9 Å². The van der Waals surface area contributed by atoms with E-state index in [9.17, 15) is 37.5 Å². The van der Waals surface area contributed by atoms with Crippen molar-refractivity contribution in [2.75, 3.05) is 16.9 Å². The summed E-state index contributed by atoms with van der Waals surface area (Å²) in [5.41, 5.74) is -1.35. The molecule has 1 N–H and O–H groups in total. The molecule has 2 saturated heterocycles. The van der Waals surface area contributed by atoms with E-state index < -0.39 is 104 Å². The molecule has 17 heteroatoms. The third-order valence-electron chi connectivity index (χ3n) is 9.94. The quantitative estimate of drug-likeness (QED) is 0.0734. The van der Waals surface area contributed by atoms with Gasteiger partial charge in [0, 0.05) is 10.4 Å². The first-order chi connectivity index (χ1) is 23.5. The lowest BCUT2D eigenvalue weighted by Gasteiger charge is -2.51. The Bertz CT molecular complexity index is 2100. The van der Waals surface area contributed by atoms with E-state index in [1.54, 1.807) is 36.4 Å². The van der Waals surface area contributed by atoms with Crippen LogP contribution in [-0.2, 0) is 19.2 Å². The molecule has 3 fully saturated rings. The van der Waals surface area contributed by atoms with Crippen LogP contribution in [0.1, 0.15) is 24.3 Å². The van der Waals surface area contributed by atoms with Crippen LogP contribution in [0.15, 0.2) is 57.0 Å². The van der Waals surface area contributed by atoms with Crippen molar-refractivity contribution < 1.29 is 51.0 Å². The van der Waals surface area contributed by atoms with Crippen LogP contribution in [0.2, 0.25) is 0 Å². The Balaban J connectivity index is 1.48. The third kappa shape index (κ3) is 4.32. The average molecular weight is 865 g/mol. The molecule has 8 nitrogen and oxygen atoms in total. The number of nitrogens with zero attached hydrogens (tertiary/aromatic N) is 2. The van der Waals surface area contributed by atoms with Gasteiger partial charge in [0.25, 0.3) is 11.8 Å². The van der Waals surface area contributed by atoms with Crippen LogP contribution in [0.4, 0.5) is 33.3 Å². The number of methoxy groups -OCH3 is 1. The van der Waals surface area contributed by atoms with E-state index in [0.29, 0.717) is 0 Å². The molecule has 2 heterocycles. The van der Waals surface area contributed by atoms with Crippen LogP contribution in [0, 0.1) is 46.8 Å². The van der Waals surface area contributed by atoms with Gasteiger partial charge in [-0.2, -0.15) is 0 Å². The van der Waals surface area contributed by atoms with E-state index in [4.69, 9.17) is 27.9 Å². The number of anilines is 2. The number of imide groups is 2. The summed E-state index contributed by atoms with van der Waals surface area (Å²) < 4.78 is 78.9. The lowest BCUT2D eigenvalue weighted by Crippen LogP contribution is -2.60. The zero-order valence-corrected chi connectivity index (χ0v) is 29.7. The number of phenols is 1. The summed E-state index contributed by atoms with van der Waals surface area (Å²) in [5.74, 6) is -22.2. The number of allylic oxidation sites excluding steroid dienone is 2. The molecule has 2 aliphatic carbocycles. The minimum atomic E-state index is -2.75. The summed E-state index contributed by atoms with van der Waals surface area (Å²) in [6.45, 7) is 0. The van der Waals surface area contributed by atoms with Gasteiger partial charge in [-0.05, 0) is 74.4 Å². The zero-order valence-electron chi connectivity index (χ0n) is 25.0. The second-order valence-electron chi connectivity index (χ2n) is 12.2. The molecule has 7 rings (SSSR count). The molecule has 4 aliphatic rings. The second kappa shape index (κ2) is 11.8. The maximum atomic E-state index is 15.3. The SMILES string of the molecule is COc1cc([C@H]2C3=CC[C@@H]4C(=O)N(c5ccccc5)C(=O)[C@@H]4[C@@H]3C[C@@]3(Cl)C(=O)N(c4c(F)c(F)c(F)c(F)c4F)C(=O)[C@@]23Cl)c(Br)c(Br)c1O. The van der Waals surface area contributed by atoms with Gasteiger partial charge in [0.2, 0.25) is 17.6 Å². The molecular formula is C33H19Br2Cl2F5N2O6. The van der Waals surface area contributed by atoms with Crippen molar-refractivity contribution >= 4 is 90.1 Å². The molecule has 4 amide bonds. The number of ether oxygens (including phenoxy) is 1. The predicted molar refractivity (Wildman–Crippen MR) is 175 cm³/mol. The van der Waals surface area contributed by atoms with Gasteiger partial charge in [-0.25, -0.2) is 26.9 Å². The van der Waals surface area contributed by atoms with E-state index >= 15 is 8.78 Å². The highest BCUT2D eigenvalue weighted by atomic mass is 79.9. The first-order valence-electron chi connectivity index (χ1n) is 14.7. The number of carbonyl (C=O) groups excluding carboxylic acids is 4. The molecule has 0 aromatic heterocycles. The number of hydrogen-bond donors (Lipinski definition) is 1. The first-order valence-corrected chi connectivity index (χ1v) is 17.0. The van der Waals surface area contributed by atoms with Gasteiger partial charge in [-0.15, -0.1) is 23.2 Å². The minimum Gasteiger partial charge on any atom is -0.503 e. The summed E-state index contributed by atoms with van der Waals surface area (Å²) in [5, 5.41) is 10.7. The standard InChI is InChI=1S/C33H19Br2Cl2F5N2O6/c1-50-16-9-14(19(34)20(35)27(16)45)18-12-7-8-13-17(29(47)43(28(13)46)11-5-3-2-4-6-11)15(12)10-32(36)30(48)44(31(49)33(18,32)37)26-24(41)22(39)21(38)23(40)25(26)42/h2-7,9,13,15,17-18,45H,8,10H2,1H3/t13-,15+,17-,18+,32+,33-/m0/s1. The molecule has 1 saturated carbocycles. The molecule has 0 radical (unpaired) electrons. The summed E-state index contributed by atoms with van der Waals surface area (Å²) in [7, 11) is 1.21. The first kappa shape index (κ1) is 34.9. The minimum absolute atomic E-state index is 0.0144. The highest BCUT2D eigenvalue weighted by molar-refractivity contribution is 9.13. The van der Waals surface area contributed by atoms with Crippen LogP contribution >= 0.6 is 55.1 Å². The van der Waals surface area contributed by atoms with Gasteiger partial charge in [0.15, 0.2) is 44.5 Å². The smallest absolute Gasteiger partial charge is 0.258 e. The van der Waals surface area contributed by atoms with Crippen molar-refractivity contribution in [2.24, 2.45) is 17.8 Å². The number of para-hydroxylation sites is 1. The fraction of sp³-hybridized carbons (Fsp3) is 0.273. The van der Waals surface area contributed by atoms with Crippen molar-refractivity contribution in [2.45, 2.75) is 28.5 Å². The Hall–Kier alpha value is -3.53. The average Bonchev–Trinajstić information content (AvgIpc) is 3.44. The Labute approximate surface area is 306 Å². The van der Waals surface area contributed by atoms with Gasteiger partial charge in [0.1, 0.15) is 5.69 Å². The number of carbonyl (C=O) groups is 4. The van der Waals surface area contributed by atoms with Crippen molar-refractivity contribution in [3.63, 3.8) is 0 Å². The molecular weight excluding hydrogens is 846 g/mol. The van der Waals surface area contributed by atoms with Crippen molar-refractivity contribution in [1.82, 2.24) is 0 Å². The predicted octanol–water partition coefficient (Wildman–Crippen LogP) is 7.39. The highest BCUT2D eigenvalue weighted by Crippen LogP contribution is 2.67. The molecule has 3 aromatic carbocycles. The van der Waals surface area contributed by atoms with E-state index in [1.165, 1.54) is 13.2 Å². The van der Waals surface area contributed by atoms with Gasteiger partial charge < -0.3 is 9.84 Å². The maximum Gasteiger partial charge on any atom is 0.258 e. The van der Waals surface area contributed by atoms with Crippen LogP contribution in [0.25, 0.3) is 0 Å². The summed E-state index contributed by atoms with van der Waals surface area (Å²) in [6.07, 6.45) is 0.865. The number of rotatable bonds is 4. The normalized spacial score (nSPS) is 28.9. The zero-order chi connectivity index (χ0) is 36.4. The number of phenolic OH excluding ortho intramolecular Hbond substituents is 1. The monoisotopic (exact) mass is 862 g/mol. The van der Waals surface area contributed by atoms with Crippen LogP contribution in [-0.4, -0.2) is 45.6 Å². The highest BCUT2D eigenvalue weighted by Gasteiger charge is 2.77. The van der Waals surface area contributed by atoms with Gasteiger partial charge in [0.05, 0.1) is 29.1 Å². The molecule has 50 heavy (non-hydrogen) atoms. The Morgan fingerprint density at radius 1 is 0.840 bits per heavy atom. The fourth-order valence-corrected chi connectivity index (χ4v) is 9.60. The molecule has 0 bridgehead atoms. The Morgan fingerprint density at radius 2 is 1.44 bits per heavy atom. The van der Waals surface area contributed by atoms with Crippen LogP contribution in [0.5, 0.6) is 11.5 Å². The van der Waals surface area contributed by atoms with Crippen molar-refractivity contribution in [3.8, 4) is 11.5 Å². The number of halogens is 9. The third-order valence-corrected chi connectivity index (χ3v) is 13.5. The Morgan fingerprint density at radius 3 is 2.04 bits per heavy atom. The maximum absolute atomic E-state index is 15.3. The van der Waals surface area contributed by atoms with E-state index in [1.807, 2.05) is 0 Å². The lowest BCUT2D eigenvalue weighted by atomic mass is 9.56. The Kier molecular flexibility index (Phi) is 8.20. The summed E-state index contributed by atoms with van der Waals surface area (Å²) in [6, 6.07) is 9.29. The fourth-order valence-electron chi connectivity index (χ4n) is 7.72. The summed E-state index contributed by atoms with van der Waals surface area (Å²) >= 11 is 20.9. The van der Waals surface area contributed by atoms with Crippen LogP contribution < -0.4 is 14.5 Å². The number of amides is 4. The molecule has 260 valence electrons. The number of fused-ring (bicyclic) bond motifs is 4. The number of aromatic hydroxyl groups is 1. The summed E-state index contributed by atoms with van der Waals surface area (Å²) in [4.78, 5) is 52.0. The van der Waals surface area contributed by atoms with Gasteiger partial charge in [-0.1, -0.05) is 29.8 Å². The van der Waals surface area contributed by atoms with Crippen molar-refractivity contribution in [3.05, 3.63) is 91.6 Å².